The summed E-state index contributed by atoms with van der Waals surface area (Å²) in [6.45, 7) is 6.66. The van der Waals surface area contributed by atoms with E-state index in [1.165, 1.54) is 22.5 Å². The van der Waals surface area contributed by atoms with Crippen LogP contribution < -0.4 is 0 Å². The highest BCUT2D eigenvalue weighted by atomic mass is 35.5. The minimum absolute atomic E-state index is 0.000442. The lowest BCUT2D eigenvalue weighted by Gasteiger charge is -2.34. The van der Waals surface area contributed by atoms with Gasteiger partial charge < -0.3 is 19.1 Å². The van der Waals surface area contributed by atoms with Gasteiger partial charge in [0.1, 0.15) is 4.90 Å². The van der Waals surface area contributed by atoms with E-state index in [0.717, 1.165) is 0 Å². The molecule has 3 unspecified atom stereocenters. The molecule has 2 aliphatic rings. The Balaban J connectivity index is 1.71. The topological polar surface area (TPSA) is 102 Å². The van der Waals surface area contributed by atoms with E-state index in [9.17, 15) is 18.0 Å². The molecule has 0 spiro atoms. The fourth-order valence-electron chi connectivity index (χ4n) is 3.64. The lowest BCUT2D eigenvalue weighted by molar-refractivity contribution is -0.141. The van der Waals surface area contributed by atoms with Gasteiger partial charge in [0.2, 0.25) is 10.0 Å². The van der Waals surface area contributed by atoms with E-state index >= 15 is 0 Å². The molecule has 2 aliphatic heterocycles. The second-order valence-corrected chi connectivity index (χ2v) is 10.1. The van der Waals surface area contributed by atoms with Gasteiger partial charge in [0.15, 0.2) is 6.61 Å². The van der Waals surface area contributed by atoms with Crippen LogP contribution in [-0.2, 0) is 29.0 Å². The van der Waals surface area contributed by atoms with Gasteiger partial charge in [-0.15, -0.1) is 0 Å². The number of hydrogen-bond donors (Lipinski definition) is 0. The zero-order valence-electron chi connectivity index (χ0n) is 17.7. The van der Waals surface area contributed by atoms with Crippen molar-refractivity contribution in [2.75, 3.05) is 39.4 Å². The van der Waals surface area contributed by atoms with Crippen LogP contribution in [0.1, 0.15) is 31.1 Å². The molecule has 1 amide bonds. The van der Waals surface area contributed by atoms with Crippen LogP contribution in [0.15, 0.2) is 23.1 Å². The smallest absolute Gasteiger partial charge is 0.338 e. The molecule has 172 valence electrons. The predicted octanol–water partition coefficient (Wildman–Crippen LogP) is 1.54. The van der Waals surface area contributed by atoms with Crippen molar-refractivity contribution >= 4 is 33.5 Å². The quantitative estimate of drug-likeness (QED) is 0.596. The van der Waals surface area contributed by atoms with Crippen molar-refractivity contribution in [1.29, 1.82) is 0 Å². The van der Waals surface area contributed by atoms with E-state index in [1.54, 1.807) is 18.7 Å². The number of amides is 1. The van der Waals surface area contributed by atoms with Gasteiger partial charge in [-0.3, -0.25) is 4.79 Å². The summed E-state index contributed by atoms with van der Waals surface area (Å²) in [5, 5.41) is 0.00160. The first-order chi connectivity index (χ1) is 14.6. The Bertz CT molecular complexity index is 929. The van der Waals surface area contributed by atoms with Crippen molar-refractivity contribution in [3.8, 4) is 0 Å². The molecule has 0 radical (unpaired) electrons. The number of ether oxygens (including phenoxy) is 3. The summed E-state index contributed by atoms with van der Waals surface area (Å²) < 4.78 is 43.7. The molecule has 1 aromatic rings. The van der Waals surface area contributed by atoms with E-state index in [2.05, 4.69) is 0 Å². The third-order valence-electron chi connectivity index (χ3n) is 5.09. The molecule has 3 atom stereocenters. The summed E-state index contributed by atoms with van der Waals surface area (Å²) in [6.07, 6.45) is -0.609. The lowest BCUT2D eigenvalue weighted by atomic mass is 10.2. The molecule has 31 heavy (non-hydrogen) atoms. The van der Waals surface area contributed by atoms with Gasteiger partial charge in [-0.05, 0) is 39.0 Å². The molecule has 1 aromatic carbocycles. The molecule has 2 heterocycles. The van der Waals surface area contributed by atoms with Crippen LogP contribution in [0.4, 0.5) is 0 Å². The zero-order valence-corrected chi connectivity index (χ0v) is 19.3. The Morgan fingerprint density at radius 2 is 1.81 bits per heavy atom. The van der Waals surface area contributed by atoms with Crippen LogP contribution in [0.2, 0.25) is 5.02 Å². The second kappa shape index (κ2) is 9.83. The fraction of sp³-hybridized carbons (Fsp3) is 0.600. The normalized spacial score (nSPS) is 25.3. The molecule has 0 aromatic heterocycles. The Morgan fingerprint density at radius 1 is 1.13 bits per heavy atom. The van der Waals surface area contributed by atoms with Crippen molar-refractivity contribution in [1.82, 2.24) is 9.21 Å². The first-order valence-corrected chi connectivity index (χ1v) is 11.9. The number of halogens is 1. The molecular formula is C20H27ClN2O7S. The van der Waals surface area contributed by atoms with E-state index in [0.29, 0.717) is 19.7 Å². The van der Waals surface area contributed by atoms with Gasteiger partial charge in [0, 0.05) is 26.2 Å². The molecular weight excluding hydrogens is 448 g/mol. The van der Waals surface area contributed by atoms with Crippen molar-refractivity contribution in [2.45, 2.75) is 44.0 Å². The van der Waals surface area contributed by atoms with Gasteiger partial charge in [0.25, 0.3) is 5.91 Å². The van der Waals surface area contributed by atoms with Gasteiger partial charge in [-0.2, -0.15) is 4.31 Å². The van der Waals surface area contributed by atoms with E-state index < -0.39 is 22.6 Å². The van der Waals surface area contributed by atoms with Gasteiger partial charge in [-0.1, -0.05) is 11.6 Å². The Labute approximate surface area is 187 Å². The second-order valence-electron chi connectivity index (χ2n) is 7.82. The highest BCUT2D eigenvalue weighted by Gasteiger charge is 2.34. The third-order valence-corrected chi connectivity index (χ3v) is 7.40. The van der Waals surface area contributed by atoms with Gasteiger partial charge in [-0.25, -0.2) is 13.2 Å². The van der Waals surface area contributed by atoms with E-state index in [4.69, 9.17) is 25.8 Å². The highest BCUT2D eigenvalue weighted by molar-refractivity contribution is 7.89. The summed E-state index contributed by atoms with van der Waals surface area (Å²) in [7, 11) is -3.94. The molecule has 0 bridgehead atoms. The SMILES string of the molecule is CC1CN(C(=O)COC(=O)c2ccc(Cl)c(S(=O)(=O)N3CC(C)OC(C)C3)c2)CCO1. The number of rotatable bonds is 5. The van der Waals surface area contributed by atoms with Crippen molar-refractivity contribution in [3.63, 3.8) is 0 Å². The molecule has 0 saturated carbocycles. The zero-order chi connectivity index (χ0) is 22.8. The maximum absolute atomic E-state index is 13.1. The average Bonchev–Trinajstić information content (AvgIpc) is 2.71. The number of carbonyl (C=O) groups excluding carboxylic acids is 2. The maximum atomic E-state index is 13.1. The molecule has 0 N–H and O–H groups in total. The fourth-order valence-corrected chi connectivity index (χ4v) is 5.73. The van der Waals surface area contributed by atoms with Crippen LogP contribution in [0.3, 0.4) is 0 Å². The number of nitrogens with zero attached hydrogens (tertiary/aromatic N) is 2. The monoisotopic (exact) mass is 474 g/mol. The van der Waals surface area contributed by atoms with Gasteiger partial charge >= 0.3 is 5.97 Å². The van der Waals surface area contributed by atoms with Crippen molar-refractivity contribution < 1.29 is 32.2 Å². The average molecular weight is 475 g/mol. The van der Waals surface area contributed by atoms with E-state index in [-0.39, 0.29) is 52.8 Å². The predicted molar refractivity (Wildman–Crippen MR) is 112 cm³/mol. The Hall–Kier alpha value is -1.72. The number of benzene rings is 1. The highest BCUT2D eigenvalue weighted by Crippen LogP contribution is 2.28. The molecule has 11 heteroatoms. The maximum Gasteiger partial charge on any atom is 0.338 e. The Kier molecular flexibility index (Phi) is 7.59. The molecule has 2 fully saturated rings. The number of esters is 1. The summed E-state index contributed by atoms with van der Waals surface area (Å²) >= 11 is 6.16. The summed E-state index contributed by atoms with van der Waals surface area (Å²) in [6, 6.07) is 3.89. The first kappa shape index (κ1) is 23.9. The number of sulfonamides is 1. The van der Waals surface area contributed by atoms with Crippen molar-refractivity contribution in [2.24, 2.45) is 0 Å². The van der Waals surface area contributed by atoms with E-state index in [1.807, 2.05) is 6.92 Å². The largest absolute Gasteiger partial charge is 0.452 e. The van der Waals surface area contributed by atoms with Gasteiger partial charge in [0.05, 0.1) is 35.5 Å². The number of morpholine rings is 2. The summed E-state index contributed by atoms with van der Waals surface area (Å²) in [5.74, 6) is -1.13. The number of hydrogen-bond acceptors (Lipinski definition) is 7. The van der Waals surface area contributed by atoms with Crippen LogP contribution in [-0.4, -0.2) is 87.2 Å². The standard InChI is InChI=1S/C20H27ClN2O7S/c1-13-9-22(6-7-28-13)19(24)12-29-20(25)16-4-5-17(21)18(8-16)31(26,27)23-10-14(2)30-15(3)11-23/h4-5,8,13-15H,6-7,9-12H2,1-3H3. The Morgan fingerprint density at radius 3 is 2.45 bits per heavy atom. The summed E-state index contributed by atoms with van der Waals surface area (Å²) in [5.41, 5.74) is 0.000442. The summed E-state index contributed by atoms with van der Waals surface area (Å²) in [4.78, 5) is 26.2. The molecule has 9 nitrogen and oxygen atoms in total. The molecule has 2 saturated heterocycles. The van der Waals surface area contributed by atoms with Crippen LogP contribution >= 0.6 is 11.6 Å². The van der Waals surface area contributed by atoms with Crippen LogP contribution in [0, 0.1) is 0 Å². The molecule has 3 rings (SSSR count). The van der Waals surface area contributed by atoms with Crippen LogP contribution in [0.5, 0.6) is 0 Å². The number of carbonyl (C=O) groups is 2. The van der Waals surface area contributed by atoms with Crippen LogP contribution in [0.25, 0.3) is 0 Å². The van der Waals surface area contributed by atoms with Crippen molar-refractivity contribution in [3.05, 3.63) is 28.8 Å². The lowest BCUT2D eigenvalue weighted by Crippen LogP contribution is -2.48. The minimum atomic E-state index is -3.94. The third kappa shape index (κ3) is 5.75. The first-order valence-electron chi connectivity index (χ1n) is 10.1. The minimum Gasteiger partial charge on any atom is -0.452 e. The molecule has 0 aliphatic carbocycles.